The zero-order valence-electron chi connectivity index (χ0n) is 12.2. The smallest absolute Gasteiger partial charge is 0.334 e. The molecule has 1 saturated heterocycles. The number of aliphatic carboxylic acids is 1. The summed E-state index contributed by atoms with van der Waals surface area (Å²) in [7, 11) is 0. The van der Waals surface area contributed by atoms with Crippen molar-refractivity contribution >= 4 is 11.9 Å². The second-order valence-corrected chi connectivity index (χ2v) is 6.12. The van der Waals surface area contributed by atoms with Crippen LogP contribution in [-0.4, -0.2) is 47.7 Å². The van der Waals surface area contributed by atoms with E-state index < -0.39 is 12.1 Å². The van der Waals surface area contributed by atoms with Crippen LogP contribution in [0.1, 0.15) is 45.4 Å². The summed E-state index contributed by atoms with van der Waals surface area (Å²) in [5.41, 5.74) is 0. The monoisotopic (exact) mass is 283 g/mol. The molecule has 1 heterocycles. The summed E-state index contributed by atoms with van der Waals surface area (Å²) in [5.74, 6) is -0.239. The highest BCUT2D eigenvalue weighted by Crippen LogP contribution is 2.29. The Morgan fingerprint density at radius 2 is 2.00 bits per heavy atom. The van der Waals surface area contributed by atoms with Gasteiger partial charge in [0, 0.05) is 12.5 Å². The Labute approximate surface area is 120 Å². The van der Waals surface area contributed by atoms with Crippen LogP contribution in [0.5, 0.6) is 0 Å². The van der Waals surface area contributed by atoms with Crippen molar-refractivity contribution in [3.63, 3.8) is 0 Å². The van der Waals surface area contributed by atoms with Crippen molar-refractivity contribution in [2.24, 2.45) is 11.8 Å². The molecule has 0 radical (unpaired) electrons. The van der Waals surface area contributed by atoms with Gasteiger partial charge in [-0.3, -0.25) is 4.79 Å². The van der Waals surface area contributed by atoms with Gasteiger partial charge >= 0.3 is 5.97 Å². The number of hydrogen-bond donors (Lipinski definition) is 1. The molecule has 1 aliphatic heterocycles. The molecule has 1 aliphatic carbocycles. The van der Waals surface area contributed by atoms with Crippen molar-refractivity contribution in [1.29, 1.82) is 0 Å². The average Bonchev–Trinajstić information content (AvgIpc) is 2.47. The average molecular weight is 283 g/mol. The van der Waals surface area contributed by atoms with Gasteiger partial charge in [0.05, 0.1) is 13.2 Å². The van der Waals surface area contributed by atoms with Gasteiger partial charge < -0.3 is 14.7 Å². The van der Waals surface area contributed by atoms with Crippen LogP contribution in [0.15, 0.2) is 0 Å². The predicted octanol–water partition coefficient (Wildman–Crippen LogP) is 1.90. The van der Waals surface area contributed by atoms with Crippen LogP contribution in [0.2, 0.25) is 0 Å². The first kappa shape index (κ1) is 15.3. The number of ether oxygens (including phenoxy) is 1. The third-order valence-corrected chi connectivity index (χ3v) is 4.49. The number of hydrogen-bond acceptors (Lipinski definition) is 3. The lowest BCUT2D eigenvalue weighted by molar-refractivity contribution is -0.160. The second-order valence-electron chi connectivity index (χ2n) is 6.12. The van der Waals surface area contributed by atoms with Gasteiger partial charge in [-0.2, -0.15) is 0 Å². The van der Waals surface area contributed by atoms with Gasteiger partial charge in [-0.05, 0) is 12.3 Å². The molecule has 2 rings (SSSR count). The maximum Gasteiger partial charge on any atom is 0.334 e. The van der Waals surface area contributed by atoms with Crippen LogP contribution in [0.4, 0.5) is 0 Å². The zero-order valence-corrected chi connectivity index (χ0v) is 12.2. The molecule has 2 fully saturated rings. The molecule has 5 heteroatoms. The minimum atomic E-state index is -0.984. The molecule has 0 bridgehead atoms. The molecule has 5 nitrogen and oxygen atoms in total. The minimum Gasteiger partial charge on any atom is -0.479 e. The van der Waals surface area contributed by atoms with Gasteiger partial charge in [-0.1, -0.05) is 39.0 Å². The van der Waals surface area contributed by atoms with Crippen molar-refractivity contribution in [2.45, 2.75) is 51.6 Å². The van der Waals surface area contributed by atoms with E-state index in [0.717, 1.165) is 6.42 Å². The molecule has 2 atom stereocenters. The van der Waals surface area contributed by atoms with Gasteiger partial charge in [0.2, 0.25) is 5.91 Å². The first-order valence-corrected chi connectivity index (χ1v) is 7.71. The quantitative estimate of drug-likeness (QED) is 0.855. The second kappa shape index (κ2) is 7.07. The third-order valence-electron chi connectivity index (χ3n) is 4.49. The number of carboxylic acid groups (broad SMARTS) is 1. The Morgan fingerprint density at radius 3 is 2.65 bits per heavy atom. The third kappa shape index (κ3) is 3.95. The minimum absolute atomic E-state index is 0.00866. The molecule has 0 spiro atoms. The molecule has 2 unspecified atom stereocenters. The van der Waals surface area contributed by atoms with E-state index in [2.05, 4.69) is 0 Å². The Hall–Kier alpha value is -1.10. The maximum atomic E-state index is 12.4. The van der Waals surface area contributed by atoms with E-state index in [0.29, 0.717) is 19.1 Å². The van der Waals surface area contributed by atoms with E-state index in [9.17, 15) is 9.59 Å². The lowest BCUT2D eigenvalue weighted by Crippen LogP contribution is -2.50. The van der Waals surface area contributed by atoms with Crippen molar-refractivity contribution < 1.29 is 19.4 Å². The van der Waals surface area contributed by atoms with Gasteiger partial charge in [-0.15, -0.1) is 0 Å². The number of amides is 1. The molecule has 1 amide bonds. The molecule has 0 aromatic carbocycles. The first-order valence-electron chi connectivity index (χ1n) is 7.71. The van der Waals surface area contributed by atoms with Crippen molar-refractivity contribution in [1.82, 2.24) is 4.90 Å². The van der Waals surface area contributed by atoms with Crippen molar-refractivity contribution in [3.05, 3.63) is 0 Å². The zero-order chi connectivity index (χ0) is 14.5. The summed E-state index contributed by atoms with van der Waals surface area (Å²) in [6, 6.07) is 0. The van der Waals surface area contributed by atoms with Gasteiger partial charge in [0.15, 0.2) is 6.10 Å². The number of carbonyl (C=O) groups is 2. The number of carboxylic acids is 1. The van der Waals surface area contributed by atoms with Crippen molar-refractivity contribution in [3.8, 4) is 0 Å². The van der Waals surface area contributed by atoms with Gasteiger partial charge in [0.1, 0.15) is 0 Å². The van der Waals surface area contributed by atoms with Crippen LogP contribution in [-0.2, 0) is 14.3 Å². The Bertz CT molecular complexity index is 352. The van der Waals surface area contributed by atoms with Crippen molar-refractivity contribution in [2.75, 3.05) is 19.7 Å². The number of morpholine rings is 1. The lowest BCUT2D eigenvalue weighted by Gasteiger charge is -2.33. The highest BCUT2D eigenvalue weighted by atomic mass is 16.5. The fraction of sp³-hybridized carbons (Fsp3) is 0.867. The first-order chi connectivity index (χ1) is 9.58. The summed E-state index contributed by atoms with van der Waals surface area (Å²) >= 11 is 0. The number of nitrogens with zero attached hydrogens (tertiary/aromatic N) is 1. The number of carbonyl (C=O) groups excluding carboxylic acids is 1. The fourth-order valence-electron chi connectivity index (χ4n) is 3.33. The van der Waals surface area contributed by atoms with Gasteiger partial charge in [-0.25, -0.2) is 4.79 Å². The van der Waals surface area contributed by atoms with Crippen LogP contribution >= 0.6 is 0 Å². The standard InChI is InChI=1S/C15H25NO4/c1-11(9-12-5-3-2-4-6-12)14(17)16-7-8-20-13(10-16)15(18)19/h11-13H,2-10H2,1H3,(H,18,19). The summed E-state index contributed by atoms with van der Waals surface area (Å²) in [6.45, 7) is 2.99. The van der Waals surface area contributed by atoms with Crippen LogP contribution in [0, 0.1) is 11.8 Å². The highest BCUT2D eigenvalue weighted by molar-refractivity contribution is 5.80. The number of rotatable bonds is 4. The molecule has 1 saturated carbocycles. The molecule has 1 N–H and O–H groups in total. The van der Waals surface area contributed by atoms with Crippen LogP contribution in [0.3, 0.4) is 0 Å². The van der Waals surface area contributed by atoms with E-state index in [1.807, 2.05) is 6.92 Å². The normalized spacial score (nSPS) is 26.2. The molecule has 20 heavy (non-hydrogen) atoms. The Morgan fingerprint density at radius 1 is 1.30 bits per heavy atom. The Kier molecular flexibility index (Phi) is 5.40. The van der Waals surface area contributed by atoms with E-state index in [1.54, 1.807) is 4.90 Å². The fourth-order valence-corrected chi connectivity index (χ4v) is 3.33. The van der Waals surface area contributed by atoms with Gasteiger partial charge in [0.25, 0.3) is 0 Å². The summed E-state index contributed by atoms with van der Waals surface area (Å²) in [4.78, 5) is 25.0. The SMILES string of the molecule is CC(CC1CCCCC1)C(=O)N1CCOC(C(=O)O)C1. The topological polar surface area (TPSA) is 66.8 Å². The summed E-state index contributed by atoms with van der Waals surface area (Å²) in [5, 5.41) is 8.97. The highest BCUT2D eigenvalue weighted by Gasteiger charge is 2.31. The summed E-state index contributed by atoms with van der Waals surface area (Å²) < 4.78 is 5.16. The van der Waals surface area contributed by atoms with Crippen LogP contribution < -0.4 is 0 Å². The van der Waals surface area contributed by atoms with E-state index in [1.165, 1.54) is 32.1 Å². The van der Waals surface area contributed by atoms with Crippen LogP contribution in [0.25, 0.3) is 0 Å². The lowest BCUT2D eigenvalue weighted by atomic mass is 9.83. The molecular weight excluding hydrogens is 258 g/mol. The maximum absolute atomic E-state index is 12.4. The molecule has 0 aromatic rings. The van der Waals surface area contributed by atoms with E-state index in [-0.39, 0.29) is 18.4 Å². The molecular formula is C15H25NO4. The largest absolute Gasteiger partial charge is 0.479 e. The molecule has 114 valence electrons. The van der Waals surface area contributed by atoms with E-state index >= 15 is 0 Å². The molecule has 2 aliphatic rings. The summed E-state index contributed by atoms with van der Waals surface area (Å²) in [6.07, 6.45) is 6.43. The predicted molar refractivity (Wildman–Crippen MR) is 74.3 cm³/mol. The van der Waals surface area contributed by atoms with E-state index in [4.69, 9.17) is 9.84 Å². The Balaban J connectivity index is 1.84. The molecule has 0 aromatic heterocycles.